The topological polar surface area (TPSA) is 107 Å². The summed E-state index contributed by atoms with van der Waals surface area (Å²) < 4.78 is 0. The molecular formula is C19H16N4O3. The zero-order valence-electron chi connectivity index (χ0n) is 13.9. The molecular weight excluding hydrogens is 332 g/mol. The van der Waals surface area contributed by atoms with Gasteiger partial charge in [-0.25, -0.2) is 10.2 Å². The minimum atomic E-state index is -0.995. The molecule has 7 nitrogen and oxygen atoms in total. The third-order valence-electron chi connectivity index (χ3n) is 3.71. The lowest BCUT2D eigenvalue weighted by Crippen LogP contribution is -2.18. The monoisotopic (exact) mass is 348 g/mol. The van der Waals surface area contributed by atoms with E-state index in [1.54, 1.807) is 18.2 Å². The highest BCUT2D eigenvalue weighted by molar-refractivity contribution is 5.94. The molecule has 0 atom stereocenters. The van der Waals surface area contributed by atoms with Gasteiger partial charge in [-0.3, -0.25) is 9.89 Å². The summed E-state index contributed by atoms with van der Waals surface area (Å²) in [7, 11) is 0. The quantitative estimate of drug-likeness (QED) is 0.487. The number of hydrogen-bond donors (Lipinski definition) is 3. The minimum absolute atomic E-state index is 0.187. The van der Waals surface area contributed by atoms with Gasteiger partial charge >= 0.3 is 5.97 Å². The van der Waals surface area contributed by atoms with Crippen molar-refractivity contribution >= 4 is 18.1 Å². The first-order chi connectivity index (χ1) is 12.5. The molecule has 1 aromatic heterocycles. The van der Waals surface area contributed by atoms with E-state index >= 15 is 0 Å². The van der Waals surface area contributed by atoms with E-state index in [1.807, 2.05) is 31.2 Å². The van der Waals surface area contributed by atoms with Gasteiger partial charge in [0.2, 0.25) is 0 Å². The third-order valence-corrected chi connectivity index (χ3v) is 3.71. The lowest BCUT2D eigenvalue weighted by Gasteiger charge is -1.97. The number of carboxylic acid groups (broad SMARTS) is 1. The van der Waals surface area contributed by atoms with Gasteiger partial charge < -0.3 is 5.11 Å². The molecule has 0 unspecified atom stereocenters. The number of carboxylic acids is 1. The zero-order valence-corrected chi connectivity index (χ0v) is 13.9. The van der Waals surface area contributed by atoms with E-state index in [0.29, 0.717) is 17.0 Å². The molecule has 7 heteroatoms. The summed E-state index contributed by atoms with van der Waals surface area (Å²) in [5, 5.41) is 19.5. The van der Waals surface area contributed by atoms with Crippen LogP contribution in [0.5, 0.6) is 0 Å². The Morgan fingerprint density at radius 2 is 1.81 bits per heavy atom. The van der Waals surface area contributed by atoms with E-state index < -0.39 is 11.9 Å². The molecule has 0 saturated carbocycles. The lowest BCUT2D eigenvalue weighted by atomic mass is 10.1. The Bertz CT molecular complexity index is 957. The number of nitrogens with one attached hydrogen (secondary N) is 2. The van der Waals surface area contributed by atoms with Gasteiger partial charge in [0.15, 0.2) is 0 Å². The normalized spacial score (nSPS) is 10.8. The maximum absolute atomic E-state index is 12.1. The van der Waals surface area contributed by atoms with E-state index in [4.69, 9.17) is 5.11 Å². The van der Waals surface area contributed by atoms with Gasteiger partial charge in [0, 0.05) is 5.56 Å². The summed E-state index contributed by atoms with van der Waals surface area (Å²) in [5.74, 6) is -1.42. The highest BCUT2D eigenvalue weighted by Gasteiger charge is 2.10. The number of H-pyrrole nitrogens is 1. The van der Waals surface area contributed by atoms with Crippen LogP contribution in [0.15, 0.2) is 59.7 Å². The number of aromatic nitrogens is 2. The van der Waals surface area contributed by atoms with Crippen LogP contribution in [-0.2, 0) is 0 Å². The summed E-state index contributed by atoms with van der Waals surface area (Å²) in [6.07, 6.45) is 1.43. The molecule has 3 aromatic rings. The lowest BCUT2D eigenvalue weighted by molar-refractivity contribution is 0.0696. The Labute approximate surface area is 149 Å². The van der Waals surface area contributed by atoms with Crippen LogP contribution in [0.25, 0.3) is 11.3 Å². The molecule has 26 heavy (non-hydrogen) atoms. The number of aryl methyl sites for hydroxylation is 1. The first kappa shape index (κ1) is 17.1. The van der Waals surface area contributed by atoms with Crippen LogP contribution >= 0.6 is 0 Å². The maximum atomic E-state index is 12.1. The number of aromatic amines is 1. The number of nitrogens with zero attached hydrogens (tertiary/aromatic N) is 2. The van der Waals surface area contributed by atoms with Crippen LogP contribution in [0.4, 0.5) is 0 Å². The fourth-order valence-corrected chi connectivity index (χ4v) is 2.25. The average Bonchev–Trinajstić information content (AvgIpc) is 3.13. The predicted octanol–water partition coefficient (Wildman–Crippen LogP) is 2.85. The van der Waals surface area contributed by atoms with Gasteiger partial charge in [-0.1, -0.05) is 42.0 Å². The predicted molar refractivity (Wildman–Crippen MR) is 97.2 cm³/mol. The van der Waals surface area contributed by atoms with Crippen molar-refractivity contribution in [3.05, 3.63) is 77.0 Å². The summed E-state index contributed by atoms with van der Waals surface area (Å²) in [5.41, 5.74) is 6.27. The third kappa shape index (κ3) is 4.02. The first-order valence-corrected chi connectivity index (χ1v) is 7.82. The van der Waals surface area contributed by atoms with Crippen LogP contribution in [-0.4, -0.2) is 33.4 Å². The molecule has 0 spiro atoms. The van der Waals surface area contributed by atoms with E-state index in [2.05, 4.69) is 20.7 Å². The van der Waals surface area contributed by atoms with Gasteiger partial charge in [0.25, 0.3) is 5.91 Å². The first-order valence-electron chi connectivity index (χ1n) is 7.82. The van der Waals surface area contributed by atoms with Crippen molar-refractivity contribution in [3.63, 3.8) is 0 Å². The van der Waals surface area contributed by atoms with Crippen LogP contribution < -0.4 is 5.43 Å². The Hall–Kier alpha value is -3.74. The molecule has 1 amide bonds. The molecule has 0 aliphatic rings. The number of aromatic carboxylic acids is 1. The van der Waals surface area contributed by atoms with E-state index in [9.17, 15) is 9.59 Å². The molecule has 0 fully saturated rings. The Balaban J connectivity index is 1.63. The standard InChI is InChI=1S/C19H16N4O3/c1-12-2-6-14(7-3-12)16-10-17(22-21-16)18(24)23-20-11-13-4-8-15(9-5-13)19(25)26/h2-11H,1H3,(H,21,22)(H,23,24)(H,25,26). The van der Waals surface area contributed by atoms with Gasteiger partial charge in [0.05, 0.1) is 17.5 Å². The van der Waals surface area contributed by atoms with Crippen molar-refractivity contribution in [2.24, 2.45) is 5.10 Å². The van der Waals surface area contributed by atoms with Crippen molar-refractivity contribution in [3.8, 4) is 11.3 Å². The Morgan fingerprint density at radius 1 is 1.12 bits per heavy atom. The molecule has 3 N–H and O–H groups in total. The minimum Gasteiger partial charge on any atom is -0.478 e. The van der Waals surface area contributed by atoms with Crippen LogP contribution in [0, 0.1) is 6.92 Å². The molecule has 130 valence electrons. The van der Waals surface area contributed by atoms with E-state index in [1.165, 1.54) is 18.3 Å². The summed E-state index contributed by atoms with van der Waals surface area (Å²) >= 11 is 0. The molecule has 2 aromatic carbocycles. The largest absolute Gasteiger partial charge is 0.478 e. The number of amides is 1. The molecule has 0 radical (unpaired) electrons. The zero-order chi connectivity index (χ0) is 18.5. The summed E-state index contributed by atoms with van der Waals surface area (Å²) in [4.78, 5) is 22.9. The second-order valence-corrected chi connectivity index (χ2v) is 5.66. The van der Waals surface area contributed by atoms with Crippen molar-refractivity contribution in [1.82, 2.24) is 15.6 Å². The average molecular weight is 348 g/mol. The number of carbonyl (C=O) groups excluding carboxylic acids is 1. The van der Waals surface area contributed by atoms with Crippen LogP contribution in [0.1, 0.15) is 32.0 Å². The van der Waals surface area contributed by atoms with Crippen molar-refractivity contribution < 1.29 is 14.7 Å². The number of hydrazone groups is 1. The van der Waals surface area contributed by atoms with Crippen LogP contribution in [0.3, 0.4) is 0 Å². The molecule has 3 rings (SSSR count). The van der Waals surface area contributed by atoms with Gasteiger partial charge in [-0.05, 0) is 30.7 Å². The second kappa shape index (κ2) is 7.43. The smallest absolute Gasteiger partial charge is 0.335 e. The molecule has 0 aliphatic carbocycles. The van der Waals surface area contributed by atoms with Crippen molar-refractivity contribution in [2.75, 3.05) is 0 Å². The Kier molecular flexibility index (Phi) is 4.89. The number of hydrogen-bond acceptors (Lipinski definition) is 4. The van der Waals surface area contributed by atoms with Crippen molar-refractivity contribution in [1.29, 1.82) is 0 Å². The number of carbonyl (C=O) groups is 2. The van der Waals surface area contributed by atoms with Gasteiger partial charge in [-0.2, -0.15) is 10.2 Å². The Morgan fingerprint density at radius 3 is 2.46 bits per heavy atom. The fraction of sp³-hybridized carbons (Fsp3) is 0.0526. The van der Waals surface area contributed by atoms with Crippen LogP contribution in [0.2, 0.25) is 0 Å². The van der Waals surface area contributed by atoms with E-state index in [-0.39, 0.29) is 5.56 Å². The highest BCUT2D eigenvalue weighted by atomic mass is 16.4. The molecule has 1 heterocycles. The molecule has 0 aliphatic heterocycles. The summed E-state index contributed by atoms with van der Waals surface area (Å²) in [6.45, 7) is 2.00. The molecule has 0 bridgehead atoms. The SMILES string of the molecule is Cc1ccc(-c2cc(C(=O)NN=Cc3ccc(C(=O)O)cc3)[nH]n2)cc1. The van der Waals surface area contributed by atoms with E-state index in [0.717, 1.165) is 11.1 Å². The fourth-order valence-electron chi connectivity index (χ4n) is 2.25. The maximum Gasteiger partial charge on any atom is 0.335 e. The molecule has 0 saturated heterocycles. The number of rotatable bonds is 5. The van der Waals surface area contributed by atoms with Gasteiger partial charge in [0.1, 0.15) is 5.69 Å². The van der Waals surface area contributed by atoms with Crippen molar-refractivity contribution in [2.45, 2.75) is 6.92 Å². The summed E-state index contributed by atoms with van der Waals surface area (Å²) in [6, 6.07) is 15.6. The highest BCUT2D eigenvalue weighted by Crippen LogP contribution is 2.18. The van der Waals surface area contributed by atoms with Gasteiger partial charge in [-0.15, -0.1) is 0 Å². The number of benzene rings is 2. The second-order valence-electron chi connectivity index (χ2n) is 5.66.